The van der Waals surface area contributed by atoms with Gasteiger partial charge in [-0.15, -0.1) is 0 Å². The van der Waals surface area contributed by atoms with Gasteiger partial charge >= 0.3 is 0 Å². The molecule has 1 amide bonds. The van der Waals surface area contributed by atoms with Gasteiger partial charge in [0, 0.05) is 6.54 Å². The van der Waals surface area contributed by atoms with Crippen LogP contribution in [-0.2, 0) is 4.79 Å². The van der Waals surface area contributed by atoms with E-state index in [0.717, 1.165) is 19.4 Å². The average molecular weight is 140 g/mol. The van der Waals surface area contributed by atoms with Crippen molar-refractivity contribution in [3.63, 3.8) is 0 Å². The minimum Gasteiger partial charge on any atom is -0.336 e. The highest BCUT2D eigenvalue weighted by molar-refractivity contribution is 5.89. The molecule has 2 heterocycles. The first-order valence-corrected chi connectivity index (χ1v) is 3.87. The summed E-state index contributed by atoms with van der Waals surface area (Å²) < 4.78 is 0. The molecule has 2 rings (SSSR count). The van der Waals surface area contributed by atoms with Gasteiger partial charge in [0.15, 0.2) is 0 Å². The van der Waals surface area contributed by atoms with Crippen LogP contribution in [0.15, 0.2) is 0 Å². The Morgan fingerprint density at radius 2 is 2.30 bits per heavy atom. The second kappa shape index (κ2) is 1.95. The number of nitrogens with two attached hydrogens (primary N) is 1. The predicted molar refractivity (Wildman–Crippen MR) is 37.3 cm³/mol. The van der Waals surface area contributed by atoms with Crippen molar-refractivity contribution >= 4 is 5.91 Å². The van der Waals surface area contributed by atoms with Crippen molar-refractivity contribution in [3.8, 4) is 0 Å². The van der Waals surface area contributed by atoms with Crippen LogP contribution in [0, 0.1) is 0 Å². The number of nitrogens with zero attached hydrogens (tertiary/aromatic N) is 1. The Morgan fingerprint density at radius 3 is 3.00 bits per heavy atom. The van der Waals surface area contributed by atoms with Crippen molar-refractivity contribution in [3.05, 3.63) is 0 Å². The Kier molecular flexibility index (Phi) is 1.20. The zero-order valence-corrected chi connectivity index (χ0v) is 5.92. The summed E-state index contributed by atoms with van der Waals surface area (Å²) in [6.45, 7) is 0.942. The lowest BCUT2D eigenvalue weighted by Gasteiger charge is -2.48. The summed E-state index contributed by atoms with van der Waals surface area (Å²) in [5, 5.41) is 0. The van der Waals surface area contributed by atoms with E-state index in [1.54, 1.807) is 0 Å². The number of rotatable bonds is 0. The highest BCUT2D eigenvalue weighted by atomic mass is 16.2. The van der Waals surface area contributed by atoms with E-state index < -0.39 is 0 Å². The Morgan fingerprint density at radius 1 is 1.50 bits per heavy atom. The molecule has 0 radical (unpaired) electrons. The molecule has 56 valence electrons. The van der Waals surface area contributed by atoms with Crippen LogP contribution in [0.5, 0.6) is 0 Å². The maximum absolute atomic E-state index is 11.0. The Hall–Kier alpha value is -0.570. The van der Waals surface area contributed by atoms with Crippen molar-refractivity contribution in [2.24, 2.45) is 5.73 Å². The van der Waals surface area contributed by atoms with E-state index in [0.29, 0.717) is 6.04 Å². The molecule has 2 aliphatic heterocycles. The van der Waals surface area contributed by atoms with Crippen LogP contribution in [0.2, 0.25) is 0 Å². The molecule has 0 spiro atoms. The Labute approximate surface area is 60.2 Å². The molecule has 2 atom stereocenters. The molecule has 2 aliphatic rings. The van der Waals surface area contributed by atoms with Gasteiger partial charge < -0.3 is 10.6 Å². The van der Waals surface area contributed by atoms with Gasteiger partial charge in [0.25, 0.3) is 0 Å². The molecule has 0 aromatic rings. The largest absolute Gasteiger partial charge is 0.336 e. The van der Waals surface area contributed by atoms with Crippen molar-refractivity contribution in [2.45, 2.75) is 31.3 Å². The molecule has 3 heteroatoms. The molecular weight excluding hydrogens is 128 g/mol. The standard InChI is InChI=1S/C7H12N2O/c8-6-5-3-1-2-4-9(5)7(6)10/h5-6H,1-4,8H2. The monoisotopic (exact) mass is 140 g/mol. The molecular formula is C7H12N2O. The molecule has 0 aliphatic carbocycles. The lowest BCUT2D eigenvalue weighted by molar-refractivity contribution is -0.151. The van der Waals surface area contributed by atoms with Crippen LogP contribution in [0.1, 0.15) is 19.3 Å². The van der Waals surface area contributed by atoms with E-state index in [-0.39, 0.29) is 11.9 Å². The van der Waals surface area contributed by atoms with Crippen molar-refractivity contribution in [1.29, 1.82) is 0 Å². The number of fused-ring (bicyclic) bond motifs is 1. The van der Waals surface area contributed by atoms with Crippen LogP contribution in [-0.4, -0.2) is 29.4 Å². The molecule has 2 saturated heterocycles. The lowest BCUT2D eigenvalue weighted by Crippen LogP contribution is -2.69. The van der Waals surface area contributed by atoms with Gasteiger partial charge in [-0.05, 0) is 19.3 Å². The van der Waals surface area contributed by atoms with Gasteiger partial charge in [0.05, 0.1) is 6.04 Å². The van der Waals surface area contributed by atoms with Crippen LogP contribution < -0.4 is 5.73 Å². The lowest BCUT2D eigenvalue weighted by atomic mass is 9.87. The summed E-state index contributed by atoms with van der Waals surface area (Å²) in [4.78, 5) is 12.9. The molecule has 0 aromatic heterocycles. The first-order valence-electron chi connectivity index (χ1n) is 3.87. The molecule has 0 saturated carbocycles. The maximum atomic E-state index is 11.0. The fourth-order valence-corrected chi connectivity index (χ4v) is 1.88. The molecule has 3 nitrogen and oxygen atoms in total. The zero-order valence-electron chi connectivity index (χ0n) is 5.92. The summed E-state index contributed by atoms with van der Waals surface area (Å²) in [5.41, 5.74) is 5.59. The highest BCUT2D eigenvalue weighted by Crippen LogP contribution is 2.27. The molecule has 0 bridgehead atoms. The quantitative estimate of drug-likeness (QED) is 0.470. The summed E-state index contributed by atoms with van der Waals surface area (Å²) in [7, 11) is 0. The summed E-state index contributed by atoms with van der Waals surface area (Å²) in [5.74, 6) is 0.157. The fraction of sp³-hybridized carbons (Fsp3) is 0.857. The summed E-state index contributed by atoms with van der Waals surface area (Å²) >= 11 is 0. The van der Waals surface area contributed by atoms with E-state index in [2.05, 4.69) is 0 Å². The fourth-order valence-electron chi connectivity index (χ4n) is 1.88. The number of carbonyl (C=O) groups is 1. The number of piperidine rings is 1. The third kappa shape index (κ3) is 0.611. The summed E-state index contributed by atoms with van der Waals surface area (Å²) in [6, 6.07) is 0.224. The minimum absolute atomic E-state index is 0.157. The first-order chi connectivity index (χ1) is 4.80. The topological polar surface area (TPSA) is 46.3 Å². The van der Waals surface area contributed by atoms with E-state index in [4.69, 9.17) is 5.73 Å². The number of hydrogen-bond donors (Lipinski definition) is 1. The third-order valence-corrected chi connectivity index (χ3v) is 2.53. The van der Waals surface area contributed by atoms with Gasteiger partial charge in [0.2, 0.25) is 5.91 Å². The Balaban J connectivity index is 2.06. The average Bonchev–Trinajstić information content (AvgIpc) is 2.03. The number of hydrogen-bond acceptors (Lipinski definition) is 2. The van der Waals surface area contributed by atoms with E-state index in [9.17, 15) is 4.79 Å². The predicted octanol–water partition coefficient (Wildman–Crippen LogP) is -0.292. The third-order valence-electron chi connectivity index (χ3n) is 2.53. The smallest absolute Gasteiger partial charge is 0.241 e. The summed E-state index contributed by atoms with van der Waals surface area (Å²) in [6.07, 6.45) is 3.52. The van der Waals surface area contributed by atoms with Crippen molar-refractivity contribution in [1.82, 2.24) is 4.90 Å². The minimum atomic E-state index is -0.166. The van der Waals surface area contributed by atoms with Crippen molar-refractivity contribution < 1.29 is 4.79 Å². The van der Waals surface area contributed by atoms with Gasteiger partial charge in [-0.3, -0.25) is 4.79 Å². The Bertz CT molecular complexity index is 169. The molecule has 2 fully saturated rings. The van der Waals surface area contributed by atoms with Crippen LogP contribution >= 0.6 is 0 Å². The van der Waals surface area contributed by atoms with Gasteiger partial charge in [-0.2, -0.15) is 0 Å². The van der Waals surface area contributed by atoms with E-state index in [1.165, 1.54) is 6.42 Å². The van der Waals surface area contributed by atoms with Gasteiger partial charge in [-0.1, -0.05) is 0 Å². The number of β-lactam (4-membered cyclic amide) rings is 1. The molecule has 2 N–H and O–H groups in total. The van der Waals surface area contributed by atoms with Crippen LogP contribution in [0.25, 0.3) is 0 Å². The number of amides is 1. The molecule has 2 unspecified atom stereocenters. The van der Waals surface area contributed by atoms with Crippen LogP contribution in [0.4, 0.5) is 0 Å². The number of carbonyl (C=O) groups excluding carboxylic acids is 1. The second-order valence-corrected chi connectivity index (χ2v) is 3.12. The van der Waals surface area contributed by atoms with E-state index >= 15 is 0 Å². The van der Waals surface area contributed by atoms with Gasteiger partial charge in [-0.25, -0.2) is 0 Å². The first kappa shape index (κ1) is 6.16. The molecule has 10 heavy (non-hydrogen) atoms. The van der Waals surface area contributed by atoms with Crippen molar-refractivity contribution in [2.75, 3.05) is 6.54 Å². The highest BCUT2D eigenvalue weighted by Gasteiger charge is 2.45. The van der Waals surface area contributed by atoms with E-state index in [1.807, 2.05) is 4.90 Å². The second-order valence-electron chi connectivity index (χ2n) is 3.12. The normalized spacial score (nSPS) is 38.9. The zero-order chi connectivity index (χ0) is 7.14. The maximum Gasteiger partial charge on any atom is 0.241 e. The SMILES string of the molecule is NC1C(=O)N2CCCCC12. The molecule has 0 aromatic carbocycles. The van der Waals surface area contributed by atoms with Gasteiger partial charge in [0.1, 0.15) is 6.04 Å². The van der Waals surface area contributed by atoms with Crippen LogP contribution in [0.3, 0.4) is 0 Å².